The molecule has 2 saturated heterocycles. The number of fused-ring (bicyclic) bond motifs is 1. The first-order chi connectivity index (χ1) is 36.2. The summed E-state index contributed by atoms with van der Waals surface area (Å²) in [7, 11) is 2.88. The third-order valence-electron chi connectivity index (χ3n) is 11.7. The number of methoxy groups -OCH3 is 2. The van der Waals surface area contributed by atoms with Gasteiger partial charge in [0.15, 0.2) is 42.2 Å². The Bertz CT molecular complexity index is 3050. The average Bonchev–Trinajstić information content (AvgIpc) is 3.41. The Morgan fingerprint density at radius 2 is 1.04 bits per heavy atom. The molecule has 2 aliphatic rings. The molecule has 2 fully saturated rings. The van der Waals surface area contributed by atoms with Crippen LogP contribution in [0.1, 0.15) is 51.8 Å². The highest BCUT2D eigenvalue weighted by Crippen LogP contribution is 2.37. The monoisotopic (exact) mass is 1030 g/mol. The molecule has 8 rings (SSSR count). The second kappa shape index (κ2) is 24.0. The van der Waals surface area contributed by atoms with Gasteiger partial charge in [-0.25, -0.2) is 14.4 Å². The number of rotatable bonds is 17. The fourth-order valence-electron chi connectivity index (χ4n) is 8.30. The van der Waals surface area contributed by atoms with Crippen molar-refractivity contribution in [2.75, 3.05) is 27.4 Å². The Labute approximate surface area is 428 Å². The molecule has 3 heterocycles. The topological polar surface area (TPSA) is 243 Å². The molecule has 5 aromatic carbocycles. The lowest BCUT2D eigenvalue weighted by atomic mass is 9.98. The molecule has 20 heteroatoms. The van der Waals surface area contributed by atoms with Crippen LogP contribution < -0.4 is 19.6 Å². The molecule has 20 nitrogen and oxygen atoms in total. The Morgan fingerprint density at radius 3 is 1.59 bits per heavy atom. The van der Waals surface area contributed by atoms with Crippen LogP contribution in [0.5, 0.6) is 17.2 Å². The van der Waals surface area contributed by atoms with Crippen LogP contribution in [0.2, 0.25) is 0 Å². The molecule has 9 atom stereocenters. The second-order valence-corrected chi connectivity index (χ2v) is 16.9. The highest BCUT2D eigenvalue weighted by Gasteiger charge is 2.55. The summed E-state index contributed by atoms with van der Waals surface area (Å²) >= 11 is 0. The van der Waals surface area contributed by atoms with E-state index in [1.807, 2.05) is 0 Å². The quantitative estimate of drug-likeness (QED) is 0.0706. The summed E-state index contributed by atoms with van der Waals surface area (Å²) in [4.78, 5) is 94.0. The predicted molar refractivity (Wildman–Crippen MR) is 260 cm³/mol. The maximum atomic E-state index is 14.1. The lowest BCUT2D eigenvalue weighted by molar-refractivity contribution is -0.310. The van der Waals surface area contributed by atoms with E-state index in [2.05, 4.69) is 0 Å². The van der Waals surface area contributed by atoms with Gasteiger partial charge in [0.25, 0.3) is 0 Å². The summed E-state index contributed by atoms with van der Waals surface area (Å²) in [6, 6.07) is 34.5. The highest BCUT2D eigenvalue weighted by atomic mass is 16.8. The van der Waals surface area contributed by atoms with Crippen LogP contribution in [0.4, 0.5) is 0 Å². The van der Waals surface area contributed by atoms with Crippen molar-refractivity contribution >= 4 is 46.8 Å². The van der Waals surface area contributed by atoms with E-state index in [0.717, 1.165) is 20.8 Å². The van der Waals surface area contributed by atoms with Gasteiger partial charge in [0.05, 0.1) is 44.1 Å². The van der Waals surface area contributed by atoms with Gasteiger partial charge in [0, 0.05) is 44.5 Å². The molecular formula is C55H50O20. The Kier molecular flexibility index (Phi) is 16.8. The third kappa shape index (κ3) is 12.8. The summed E-state index contributed by atoms with van der Waals surface area (Å²) in [6.45, 7) is 2.02. The fraction of sp³-hybridized carbons (Fsp3) is 0.291. The Morgan fingerprint density at radius 1 is 0.533 bits per heavy atom. The van der Waals surface area contributed by atoms with E-state index < -0.39 is 110 Å². The van der Waals surface area contributed by atoms with Gasteiger partial charge < -0.3 is 61.3 Å². The summed E-state index contributed by atoms with van der Waals surface area (Å²) < 4.78 is 77.6. The molecule has 0 amide bonds. The molecule has 0 spiro atoms. The van der Waals surface area contributed by atoms with Gasteiger partial charge in [-0.05, 0) is 60.7 Å². The molecule has 0 aliphatic carbocycles. The van der Waals surface area contributed by atoms with E-state index in [-0.39, 0.29) is 44.9 Å². The maximum Gasteiger partial charge on any atom is 0.338 e. The number of hydrogen-bond acceptors (Lipinski definition) is 20. The number of carbonyl (C=O) groups is 6. The van der Waals surface area contributed by atoms with Crippen molar-refractivity contribution in [1.29, 1.82) is 0 Å². The average molecular weight is 1030 g/mol. The van der Waals surface area contributed by atoms with Crippen molar-refractivity contribution in [3.8, 4) is 28.6 Å². The van der Waals surface area contributed by atoms with E-state index in [0.29, 0.717) is 11.3 Å². The molecule has 0 saturated carbocycles. The molecule has 2 aliphatic heterocycles. The van der Waals surface area contributed by atoms with Crippen molar-refractivity contribution < 1.29 is 90.0 Å². The summed E-state index contributed by atoms with van der Waals surface area (Å²) in [5.41, 5.74) is 0.312. The minimum absolute atomic E-state index is 0.0116. The van der Waals surface area contributed by atoms with Crippen LogP contribution in [0, 0.1) is 0 Å². The Balaban J connectivity index is 1.17. The number of hydrogen-bond donors (Lipinski definition) is 0. The minimum Gasteiger partial charge on any atom is -0.497 e. The number of esters is 6. The van der Waals surface area contributed by atoms with Crippen molar-refractivity contribution in [2.24, 2.45) is 0 Å². The normalized spacial score (nSPS) is 22.1. The van der Waals surface area contributed by atoms with Crippen molar-refractivity contribution in [2.45, 2.75) is 76.1 Å². The van der Waals surface area contributed by atoms with Gasteiger partial charge >= 0.3 is 35.8 Å². The van der Waals surface area contributed by atoms with Gasteiger partial charge in [-0.15, -0.1) is 0 Å². The molecule has 75 heavy (non-hydrogen) atoms. The molecule has 6 aromatic rings. The van der Waals surface area contributed by atoms with Crippen LogP contribution in [0.15, 0.2) is 143 Å². The van der Waals surface area contributed by atoms with Gasteiger partial charge in [-0.2, -0.15) is 0 Å². The molecule has 0 radical (unpaired) electrons. The maximum absolute atomic E-state index is 14.1. The van der Waals surface area contributed by atoms with Crippen molar-refractivity contribution in [1.82, 2.24) is 0 Å². The van der Waals surface area contributed by atoms with Crippen LogP contribution in [0.3, 0.4) is 0 Å². The molecule has 0 bridgehead atoms. The number of ether oxygens (including phenoxy) is 12. The van der Waals surface area contributed by atoms with E-state index in [1.165, 1.54) is 68.8 Å². The summed E-state index contributed by atoms with van der Waals surface area (Å²) in [6.07, 6.45) is -14.8. The molecule has 0 unspecified atom stereocenters. The largest absolute Gasteiger partial charge is 0.497 e. The zero-order valence-corrected chi connectivity index (χ0v) is 41.0. The molecular weight excluding hydrogens is 981 g/mol. The van der Waals surface area contributed by atoms with Crippen LogP contribution >= 0.6 is 0 Å². The van der Waals surface area contributed by atoms with Gasteiger partial charge in [0.2, 0.25) is 12.4 Å². The lowest BCUT2D eigenvalue weighted by Gasteiger charge is -2.45. The van der Waals surface area contributed by atoms with E-state index in [9.17, 15) is 33.6 Å². The second-order valence-electron chi connectivity index (χ2n) is 16.9. The van der Waals surface area contributed by atoms with Gasteiger partial charge in [-0.3, -0.25) is 19.2 Å². The zero-order chi connectivity index (χ0) is 53.2. The SMILES string of the molecule is COc1ccc(-c2cc(=O)c3c(O[C@@H]4O[C@H](CO[C@@H]5OC[C@@H](OC(=O)c6ccccc6)[C@H](OC(=O)c6ccccc6)[C@H]5OC(=O)c5ccccc5)[C@@H](OC(C)=O)[C@H](OC(C)=O)[C@H]4OC(C)=O)cc(OC)cc3o2)cc1. The van der Waals surface area contributed by atoms with E-state index in [1.54, 1.807) is 78.9 Å². The molecule has 1 aromatic heterocycles. The van der Waals surface area contributed by atoms with Gasteiger partial charge in [-0.1, -0.05) is 54.6 Å². The third-order valence-corrected chi connectivity index (χ3v) is 11.7. The van der Waals surface area contributed by atoms with Crippen molar-refractivity contribution in [3.05, 3.63) is 160 Å². The summed E-state index contributed by atoms with van der Waals surface area (Å²) in [5.74, 6) is -4.60. The standard InChI is InChI=1S/C55H50O20/c1-30(56)67-46-44(73-55(50(69-32(3)58)48(46)68-31(2)57)72-42-26-38(64-5)25-41-45(42)39(59)27-40(70-41)33-21-23-37(63-4)24-22-33)29-66-54-49(75-53(62)36-19-13-8-14-20-36)47(74-52(61)35-17-11-7-12-18-35)43(28-65-54)71-51(60)34-15-9-6-10-16-34/h6-27,43-44,46-50,54-55H,28-29H2,1-5H3/t43-,44-,46-,47+,48+,49-,50-,54+,55-/m1/s1. The predicted octanol–water partition coefficient (Wildman–Crippen LogP) is 6.43. The highest BCUT2D eigenvalue weighted by molar-refractivity contribution is 5.91. The minimum atomic E-state index is -1.80. The van der Waals surface area contributed by atoms with E-state index in [4.69, 9.17) is 61.3 Å². The first-order valence-electron chi connectivity index (χ1n) is 23.3. The summed E-state index contributed by atoms with van der Waals surface area (Å²) in [5, 5.41) is -0.102. The lowest BCUT2D eigenvalue weighted by Crippen LogP contribution is -2.64. The Hall–Kier alpha value is -8.59. The fourth-order valence-corrected chi connectivity index (χ4v) is 8.30. The number of benzene rings is 5. The first kappa shape index (κ1) is 52.7. The van der Waals surface area contributed by atoms with E-state index >= 15 is 0 Å². The van der Waals surface area contributed by atoms with Crippen LogP contribution in [0.25, 0.3) is 22.3 Å². The molecule has 0 N–H and O–H groups in total. The van der Waals surface area contributed by atoms with Crippen molar-refractivity contribution in [3.63, 3.8) is 0 Å². The van der Waals surface area contributed by atoms with Crippen LogP contribution in [-0.4, -0.2) is 119 Å². The smallest absolute Gasteiger partial charge is 0.338 e. The number of carbonyl (C=O) groups excluding carboxylic acids is 6. The first-order valence-corrected chi connectivity index (χ1v) is 23.3. The van der Waals surface area contributed by atoms with Gasteiger partial charge in [0.1, 0.15) is 40.1 Å². The van der Waals surface area contributed by atoms with Crippen LogP contribution in [-0.2, 0) is 57.0 Å². The zero-order valence-electron chi connectivity index (χ0n) is 41.0. The molecule has 390 valence electrons.